The van der Waals surface area contributed by atoms with Crippen molar-refractivity contribution in [3.8, 4) is 5.82 Å². The lowest BCUT2D eigenvalue weighted by Gasteiger charge is -2.01. The van der Waals surface area contributed by atoms with Crippen molar-refractivity contribution < 1.29 is 4.79 Å². The number of aryl methyl sites for hydroxylation is 1. The van der Waals surface area contributed by atoms with Crippen molar-refractivity contribution in [1.82, 2.24) is 14.3 Å². The summed E-state index contributed by atoms with van der Waals surface area (Å²) < 4.78 is 3.74. The van der Waals surface area contributed by atoms with Gasteiger partial charge < -0.3 is 0 Å². The van der Waals surface area contributed by atoms with Gasteiger partial charge in [-0.1, -0.05) is 32.0 Å². The molecule has 0 spiro atoms. The molecule has 0 amide bonds. The first kappa shape index (κ1) is 12.7. The Bertz CT molecular complexity index is 780. The van der Waals surface area contributed by atoms with Gasteiger partial charge in [0, 0.05) is 42.4 Å². The number of para-hydroxylation sites is 1. The number of nitrogens with zero attached hydrogens (tertiary/aromatic N) is 3. The molecule has 0 aliphatic rings. The van der Waals surface area contributed by atoms with Gasteiger partial charge in [0.2, 0.25) is 0 Å². The third kappa shape index (κ3) is 1.93. The van der Waals surface area contributed by atoms with Gasteiger partial charge in [-0.25, -0.2) is 0 Å². The van der Waals surface area contributed by atoms with Gasteiger partial charge in [0.1, 0.15) is 0 Å². The number of aromatic nitrogens is 3. The molecule has 0 unspecified atom stereocenters. The van der Waals surface area contributed by atoms with Crippen LogP contribution in [0.4, 0.5) is 0 Å². The molecule has 1 aromatic carbocycles. The number of carbonyl (C=O) groups is 1. The quantitative estimate of drug-likeness (QED) is 0.684. The van der Waals surface area contributed by atoms with Crippen LogP contribution in [0.5, 0.6) is 0 Å². The molecule has 0 fully saturated rings. The summed E-state index contributed by atoms with van der Waals surface area (Å²) in [5, 5.41) is 5.40. The largest absolute Gasteiger partial charge is 0.299 e. The average Bonchev–Trinajstić information content (AvgIpc) is 3.01. The lowest BCUT2D eigenvalue weighted by atomic mass is 10.0. The van der Waals surface area contributed by atoms with E-state index in [0.29, 0.717) is 0 Å². The molecule has 3 rings (SSSR count). The minimum atomic E-state index is -0.0158. The number of Topliss-reactive ketones (excluding diaryl/α,β-unsaturated/α-hetero) is 1. The Morgan fingerprint density at radius 2 is 1.95 bits per heavy atom. The van der Waals surface area contributed by atoms with Crippen molar-refractivity contribution in [2.75, 3.05) is 0 Å². The van der Waals surface area contributed by atoms with Crippen LogP contribution in [0.2, 0.25) is 0 Å². The van der Waals surface area contributed by atoms with Gasteiger partial charge in [0.05, 0.1) is 5.52 Å². The molecule has 0 aliphatic heterocycles. The Kier molecular flexibility index (Phi) is 2.93. The number of rotatable bonds is 3. The van der Waals surface area contributed by atoms with Crippen molar-refractivity contribution in [3.63, 3.8) is 0 Å². The normalized spacial score (nSPS) is 11.4. The maximum absolute atomic E-state index is 12.4. The van der Waals surface area contributed by atoms with Crippen LogP contribution in [0.1, 0.15) is 24.2 Å². The first-order chi connectivity index (χ1) is 9.58. The Hall–Kier alpha value is -2.36. The summed E-state index contributed by atoms with van der Waals surface area (Å²) in [5.74, 6) is 0.973. The Balaban J connectivity index is 2.26. The monoisotopic (exact) mass is 267 g/mol. The number of hydrogen-bond donors (Lipinski definition) is 0. The minimum absolute atomic E-state index is 0.0158. The molecule has 0 radical (unpaired) electrons. The number of hydrogen-bond acceptors (Lipinski definition) is 2. The van der Waals surface area contributed by atoms with Crippen molar-refractivity contribution in [1.29, 1.82) is 0 Å². The van der Waals surface area contributed by atoms with E-state index in [4.69, 9.17) is 0 Å². The summed E-state index contributed by atoms with van der Waals surface area (Å²) >= 11 is 0. The van der Waals surface area contributed by atoms with E-state index in [0.717, 1.165) is 22.3 Å². The standard InChI is InChI=1S/C16H17N3O/c1-11(2)16(20)13-10-19(15-8-9-18(3)17-15)14-7-5-4-6-12(13)14/h4-11H,1-3H3. The van der Waals surface area contributed by atoms with Crippen LogP contribution in [0, 0.1) is 5.92 Å². The molecule has 20 heavy (non-hydrogen) atoms. The van der Waals surface area contributed by atoms with Crippen molar-refractivity contribution in [3.05, 3.63) is 48.3 Å². The number of ketones is 1. The van der Waals surface area contributed by atoms with Gasteiger partial charge in [0.25, 0.3) is 0 Å². The topological polar surface area (TPSA) is 39.8 Å². The molecule has 0 bridgehead atoms. The second kappa shape index (κ2) is 4.63. The number of carbonyl (C=O) groups excluding carboxylic acids is 1. The fourth-order valence-corrected chi connectivity index (χ4v) is 2.41. The summed E-state index contributed by atoms with van der Waals surface area (Å²) in [7, 11) is 1.88. The number of benzene rings is 1. The predicted octanol–water partition coefficient (Wildman–Crippen LogP) is 3.20. The second-order valence-electron chi connectivity index (χ2n) is 5.30. The molecule has 2 heterocycles. The lowest BCUT2D eigenvalue weighted by Crippen LogP contribution is -2.06. The zero-order chi connectivity index (χ0) is 14.3. The smallest absolute Gasteiger partial charge is 0.167 e. The molecule has 0 saturated heterocycles. The van der Waals surface area contributed by atoms with Crippen LogP contribution in [0.15, 0.2) is 42.7 Å². The van der Waals surface area contributed by atoms with Crippen molar-refractivity contribution in [2.45, 2.75) is 13.8 Å². The highest BCUT2D eigenvalue weighted by Gasteiger charge is 2.18. The molecule has 102 valence electrons. The van der Waals surface area contributed by atoms with Gasteiger partial charge in [-0.15, -0.1) is 0 Å². The molecule has 0 atom stereocenters. The SMILES string of the molecule is CC(C)C(=O)c1cn(-c2ccn(C)n2)c2ccccc12. The summed E-state index contributed by atoms with van der Waals surface area (Å²) in [6.45, 7) is 3.85. The third-order valence-corrected chi connectivity index (χ3v) is 3.45. The maximum Gasteiger partial charge on any atom is 0.167 e. The van der Waals surface area contributed by atoms with E-state index in [1.165, 1.54) is 0 Å². The maximum atomic E-state index is 12.4. The molecule has 2 aromatic heterocycles. The van der Waals surface area contributed by atoms with Crippen molar-refractivity contribution >= 4 is 16.7 Å². The Morgan fingerprint density at radius 1 is 1.20 bits per heavy atom. The predicted molar refractivity (Wildman–Crippen MR) is 79.2 cm³/mol. The highest BCUT2D eigenvalue weighted by atomic mass is 16.1. The van der Waals surface area contributed by atoms with Gasteiger partial charge in [-0.2, -0.15) is 5.10 Å². The zero-order valence-corrected chi connectivity index (χ0v) is 11.9. The summed E-state index contributed by atoms with van der Waals surface area (Å²) in [6, 6.07) is 9.88. The number of fused-ring (bicyclic) bond motifs is 1. The first-order valence-corrected chi connectivity index (χ1v) is 6.72. The third-order valence-electron chi connectivity index (χ3n) is 3.45. The molecule has 0 aliphatic carbocycles. The van der Waals surface area contributed by atoms with Gasteiger partial charge in [-0.05, 0) is 6.07 Å². The fourth-order valence-electron chi connectivity index (χ4n) is 2.41. The molecule has 0 saturated carbocycles. The van der Waals surface area contributed by atoms with Gasteiger partial charge in [0.15, 0.2) is 11.6 Å². The van der Waals surface area contributed by atoms with Crippen LogP contribution in [-0.2, 0) is 7.05 Å². The van der Waals surface area contributed by atoms with E-state index < -0.39 is 0 Å². The molecule has 3 aromatic rings. The van der Waals surface area contributed by atoms with Gasteiger partial charge in [-0.3, -0.25) is 14.0 Å². The zero-order valence-electron chi connectivity index (χ0n) is 11.9. The summed E-state index contributed by atoms with van der Waals surface area (Å²) in [4.78, 5) is 12.4. The molecular weight excluding hydrogens is 250 g/mol. The van der Waals surface area contributed by atoms with Crippen LogP contribution >= 0.6 is 0 Å². The minimum Gasteiger partial charge on any atom is -0.299 e. The van der Waals surface area contributed by atoms with Crippen molar-refractivity contribution in [2.24, 2.45) is 13.0 Å². The Labute approximate surface area is 117 Å². The van der Waals surface area contributed by atoms with E-state index in [1.54, 1.807) is 4.68 Å². The second-order valence-corrected chi connectivity index (χ2v) is 5.30. The van der Waals surface area contributed by atoms with E-state index in [1.807, 2.05) is 68.2 Å². The lowest BCUT2D eigenvalue weighted by molar-refractivity contribution is 0.0941. The van der Waals surface area contributed by atoms with Crippen LogP contribution in [0.25, 0.3) is 16.7 Å². The Morgan fingerprint density at radius 3 is 2.60 bits per heavy atom. The molecule has 4 nitrogen and oxygen atoms in total. The molecule has 0 N–H and O–H groups in total. The first-order valence-electron chi connectivity index (χ1n) is 6.72. The van der Waals surface area contributed by atoms with E-state index >= 15 is 0 Å². The van der Waals surface area contributed by atoms with E-state index in [2.05, 4.69) is 5.10 Å². The molecule has 4 heteroatoms. The van der Waals surface area contributed by atoms with Crippen LogP contribution in [0.3, 0.4) is 0 Å². The van der Waals surface area contributed by atoms with E-state index in [9.17, 15) is 4.79 Å². The highest BCUT2D eigenvalue weighted by molar-refractivity contribution is 6.09. The highest BCUT2D eigenvalue weighted by Crippen LogP contribution is 2.26. The fraction of sp³-hybridized carbons (Fsp3) is 0.250. The van der Waals surface area contributed by atoms with Gasteiger partial charge >= 0.3 is 0 Å². The van der Waals surface area contributed by atoms with Crippen LogP contribution in [-0.4, -0.2) is 20.1 Å². The summed E-state index contributed by atoms with van der Waals surface area (Å²) in [6.07, 6.45) is 3.80. The summed E-state index contributed by atoms with van der Waals surface area (Å²) in [5.41, 5.74) is 1.77. The molecular formula is C16H17N3O. The van der Waals surface area contributed by atoms with Crippen LogP contribution < -0.4 is 0 Å². The van der Waals surface area contributed by atoms with E-state index in [-0.39, 0.29) is 11.7 Å². The average molecular weight is 267 g/mol.